The maximum atomic E-state index is 12.6. The van der Waals surface area contributed by atoms with E-state index in [4.69, 9.17) is 21.1 Å². The number of amides is 2. The molecule has 0 saturated carbocycles. The summed E-state index contributed by atoms with van der Waals surface area (Å²) >= 11 is 6.16. The fourth-order valence-electron chi connectivity index (χ4n) is 3.14. The van der Waals surface area contributed by atoms with Gasteiger partial charge in [-0.05, 0) is 51.7 Å². The van der Waals surface area contributed by atoms with E-state index in [0.29, 0.717) is 47.1 Å². The first-order valence-corrected chi connectivity index (χ1v) is 8.59. The maximum Gasteiger partial charge on any atom is 0.261 e. The van der Waals surface area contributed by atoms with Crippen molar-refractivity contribution in [1.29, 1.82) is 0 Å². The molecular weight excluding hydrogens is 330 g/mol. The number of hydrogen-bond donors (Lipinski definition) is 0. The van der Waals surface area contributed by atoms with E-state index in [1.54, 1.807) is 25.1 Å². The standard InChI is InChI=1S/C18H20ClNO4/c1-3-23-11(2)24-16-10-12(8-9-15(16)19)20-17(21)13-6-4-5-7-14(13)18(20)22/h8-11H,3-7H2,1-2H3. The lowest BCUT2D eigenvalue weighted by Gasteiger charge is -2.19. The smallest absolute Gasteiger partial charge is 0.261 e. The van der Waals surface area contributed by atoms with Crippen LogP contribution in [0.15, 0.2) is 29.3 Å². The highest BCUT2D eigenvalue weighted by atomic mass is 35.5. The first-order chi connectivity index (χ1) is 11.5. The Morgan fingerprint density at radius 2 is 1.79 bits per heavy atom. The van der Waals surface area contributed by atoms with Gasteiger partial charge in [0.1, 0.15) is 5.75 Å². The van der Waals surface area contributed by atoms with Crippen LogP contribution in [0.4, 0.5) is 5.69 Å². The van der Waals surface area contributed by atoms with Crippen LogP contribution in [0.2, 0.25) is 5.02 Å². The van der Waals surface area contributed by atoms with Gasteiger partial charge in [-0.1, -0.05) is 11.6 Å². The summed E-state index contributed by atoms with van der Waals surface area (Å²) in [6, 6.07) is 4.91. The second-order valence-corrected chi connectivity index (χ2v) is 6.27. The summed E-state index contributed by atoms with van der Waals surface area (Å²) in [7, 11) is 0. The molecule has 5 nitrogen and oxygen atoms in total. The SMILES string of the molecule is CCOC(C)Oc1cc(N2C(=O)C3=C(CCCC3)C2=O)ccc1Cl. The van der Waals surface area contributed by atoms with Crippen LogP contribution in [0.5, 0.6) is 5.75 Å². The number of ether oxygens (including phenoxy) is 2. The summed E-state index contributed by atoms with van der Waals surface area (Å²) in [6.45, 7) is 4.15. The molecule has 0 aromatic heterocycles. The third-order valence-corrected chi connectivity index (χ3v) is 4.57. The van der Waals surface area contributed by atoms with Gasteiger partial charge in [0.2, 0.25) is 0 Å². The maximum absolute atomic E-state index is 12.6. The summed E-state index contributed by atoms with van der Waals surface area (Å²) < 4.78 is 11.0. The highest BCUT2D eigenvalue weighted by Crippen LogP contribution is 2.38. The van der Waals surface area contributed by atoms with E-state index in [1.165, 1.54) is 4.90 Å². The van der Waals surface area contributed by atoms with E-state index >= 15 is 0 Å². The monoisotopic (exact) mass is 349 g/mol. The number of rotatable bonds is 5. The second kappa shape index (κ2) is 6.95. The van der Waals surface area contributed by atoms with E-state index in [1.807, 2.05) is 6.92 Å². The van der Waals surface area contributed by atoms with Crippen molar-refractivity contribution < 1.29 is 19.1 Å². The predicted molar refractivity (Wildman–Crippen MR) is 91.2 cm³/mol. The fourth-order valence-corrected chi connectivity index (χ4v) is 3.31. The Balaban J connectivity index is 1.88. The van der Waals surface area contributed by atoms with E-state index in [2.05, 4.69) is 0 Å². The van der Waals surface area contributed by atoms with Crippen molar-refractivity contribution in [3.8, 4) is 5.75 Å². The number of carbonyl (C=O) groups is 2. The molecule has 0 saturated heterocycles. The average molecular weight is 350 g/mol. The van der Waals surface area contributed by atoms with Gasteiger partial charge in [0.05, 0.1) is 10.7 Å². The first kappa shape index (κ1) is 17.0. The van der Waals surface area contributed by atoms with Crippen molar-refractivity contribution in [1.82, 2.24) is 0 Å². The van der Waals surface area contributed by atoms with Crippen molar-refractivity contribution in [3.63, 3.8) is 0 Å². The molecule has 1 aromatic carbocycles. The van der Waals surface area contributed by atoms with Gasteiger partial charge in [-0.2, -0.15) is 0 Å². The summed E-state index contributed by atoms with van der Waals surface area (Å²) in [4.78, 5) is 26.5. The average Bonchev–Trinajstić information content (AvgIpc) is 2.82. The van der Waals surface area contributed by atoms with Gasteiger partial charge >= 0.3 is 0 Å². The van der Waals surface area contributed by atoms with E-state index in [-0.39, 0.29) is 11.8 Å². The molecule has 0 fully saturated rings. The van der Waals surface area contributed by atoms with Crippen LogP contribution in [0.1, 0.15) is 39.5 Å². The predicted octanol–water partition coefficient (Wildman–Crippen LogP) is 3.85. The molecule has 2 amide bonds. The molecule has 1 heterocycles. The highest BCUT2D eigenvalue weighted by molar-refractivity contribution is 6.34. The molecular formula is C18H20ClNO4. The summed E-state index contributed by atoms with van der Waals surface area (Å²) in [6.07, 6.45) is 2.78. The van der Waals surface area contributed by atoms with Crippen LogP contribution in [0.25, 0.3) is 0 Å². The Morgan fingerprint density at radius 3 is 2.38 bits per heavy atom. The molecule has 0 N–H and O–H groups in total. The normalized spacial score (nSPS) is 18.9. The molecule has 1 aromatic rings. The Morgan fingerprint density at radius 1 is 1.17 bits per heavy atom. The van der Waals surface area contributed by atoms with Gasteiger partial charge in [-0.25, -0.2) is 4.90 Å². The van der Waals surface area contributed by atoms with Crippen molar-refractivity contribution in [2.24, 2.45) is 0 Å². The van der Waals surface area contributed by atoms with Crippen molar-refractivity contribution in [3.05, 3.63) is 34.4 Å². The lowest BCUT2D eigenvalue weighted by Crippen LogP contribution is -2.31. The summed E-state index contributed by atoms with van der Waals surface area (Å²) in [5.74, 6) is -0.0535. The summed E-state index contributed by atoms with van der Waals surface area (Å²) in [5.41, 5.74) is 1.79. The molecule has 6 heteroatoms. The van der Waals surface area contributed by atoms with Gasteiger partial charge in [0.25, 0.3) is 11.8 Å². The zero-order valence-corrected chi connectivity index (χ0v) is 14.6. The lowest BCUT2D eigenvalue weighted by atomic mass is 9.93. The van der Waals surface area contributed by atoms with Gasteiger partial charge in [0, 0.05) is 23.8 Å². The molecule has 2 aliphatic rings. The number of benzene rings is 1. The Hall–Kier alpha value is -1.85. The molecule has 0 spiro atoms. The molecule has 1 aliphatic carbocycles. The van der Waals surface area contributed by atoms with E-state index in [0.717, 1.165) is 12.8 Å². The minimum absolute atomic E-state index is 0.221. The second-order valence-electron chi connectivity index (χ2n) is 5.87. The van der Waals surface area contributed by atoms with Crippen molar-refractivity contribution >= 4 is 29.1 Å². The van der Waals surface area contributed by atoms with Crippen LogP contribution >= 0.6 is 11.6 Å². The molecule has 1 atom stereocenters. The van der Waals surface area contributed by atoms with Crippen LogP contribution < -0.4 is 9.64 Å². The molecule has 0 bridgehead atoms. The van der Waals surface area contributed by atoms with Gasteiger partial charge in [0.15, 0.2) is 6.29 Å². The number of halogens is 1. The van der Waals surface area contributed by atoms with Crippen LogP contribution in [0, 0.1) is 0 Å². The minimum atomic E-state index is -0.473. The Kier molecular flexibility index (Phi) is 4.92. The number of anilines is 1. The van der Waals surface area contributed by atoms with Crippen LogP contribution in [-0.2, 0) is 14.3 Å². The van der Waals surface area contributed by atoms with E-state index in [9.17, 15) is 9.59 Å². The van der Waals surface area contributed by atoms with Gasteiger partial charge < -0.3 is 9.47 Å². The quantitative estimate of drug-likeness (QED) is 0.598. The highest BCUT2D eigenvalue weighted by Gasteiger charge is 2.39. The summed E-state index contributed by atoms with van der Waals surface area (Å²) in [5, 5.41) is 0.405. The molecule has 0 radical (unpaired) electrons. The third-order valence-electron chi connectivity index (χ3n) is 4.26. The van der Waals surface area contributed by atoms with Gasteiger partial charge in [-0.15, -0.1) is 0 Å². The lowest BCUT2D eigenvalue weighted by molar-refractivity contribution is -0.120. The largest absolute Gasteiger partial charge is 0.464 e. The first-order valence-electron chi connectivity index (χ1n) is 8.21. The van der Waals surface area contributed by atoms with Crippen LogP contribution in [-0.4, -0.2) is 24.7 Å². The number of carbonyl (C=O) groups excluding carboxylic acids is 2. The van der Waals surface area contributed by atoms with Crippen LogP contribution in [0.3, 0.4) is 0 Å². The molecule has 24 heavy (non-hydrogen) atoms. The Labute approximate surface area is 146 Å². The van der Waals surface area contributed by atoms with Crippen molar-refractivity contribution in [2.75, 3.05) is 11.5 Å². The number of nitrogens with zero attached hydrogens (tertiary/aromatic N) is 1. The fraction of sp³-hybridized carbons (Fsp3) is 0.444. The number of imide groups is 1. The zero-order valence-electron chi connectivity index (χ0n) is 13.8. The Bertz CT molecular complexity index is 685. The van der Waals surface area contributed by atoms with Gasteiger partial charge in [-0.3, -0.25) is 9.59 Å². The molecule has 128 valence electrons. The van der Waals surface area contributed by atoms with Crippen molar-refractivity contribution in [2.45, 2.75) is 45.8 Å². The van der Waals surface area contributed by atoms with E-state index < -0.39 is 6.29 Å². The minimum Gasteiger partial charge on any atom is -0.464 e. The topological polar surface area (TPSA) is 55.8 Å². The molecule has 1 unspecified atom stereocenters. The zero-order chi connectivity index (χ0) is 17.3. The molecule has 3 rings (SSSR count). The number of hydrogen-bond acceptors (Lipinski definition) is 4. The third kappa shape index (κ3) is 3.06. The molecule has 1 aliphatic heterocycles.